The minimum absolute atomic E-state index is 0.215. The van der Waals surface area contributed by atoms with Crippen molar-refractivity contribution in [1.29, 1.82) is 0 Å². The number of likely N-dealkylation sites (tertiary alicyclic amines) is 1. The van der Waals surface area contributed by atoms with E-state index in [-0.39, 0.29) is 5.54 Å². The molecule has 15 heavy (non-hydrogen) atoms. The Labute approximate surface area is 90.4 Å². The van der Waals surface area contributed by atoms with Crippen LogP contribution in [0.2, 0.25) is 0 Å². The molecule has 3 rings (SSSR count). The van der Waals surface area contributed by atoms with Crippen molar-refractivity contribution in [2.45, 2.75) is 24.8 Å². The summed E-state index contributed by atoms with van der Waals surface area (Å²) in [6.45, 7) is 3.42. The molecule has 1 aromatic heterocycles. The monoisotopic (exact) mass is 206 g/mol. The standard InChI is InChI=1S/C12H18N2O/c1-14-7-4-12(5-8-14)10-3-9-15-11(10)2-6-13-12/h3,9,13H,2,4-8H2,1H3. The van der Waals surface area contributed by atoms with Crippen LogP contribution in [-0.2, 0) is 12.0 Å². The summed E-state index contributed by atoms with van der Waals surface area (Å²) in [5.74, 6) is 1.21. The zero-order chi connectivity index (χ0) is 10.3. The van der Waals surface area contributed by atoms with Gasteiger partial charge in [-0.1, -0.05) is 0 Å². The van der Waals surface area contributed by atoms with Gasteiger partial charge in [0.1, 0.15) is 5.76 Å². The fourth-order valence-corrected chi connectivity index (χ4v) is 2.92. The van der Waals surface area contributed by atoms with E-state index in [9.17, 15) is 0 Å². The third kappa shape index (κ3) is 1.42. The molecule has 0 aliphatic carbocycles. The van der Waals surface area contributed by atoms with Gasteiger partial charge in [0.15, 0.2) is 0 Å². The maximum absolute atomic E-state index is 5.56. The number of hydrogen-bond donors (Lipinski definition) is 1. The van der Waals surface area contributed by atoms with Crippen molar-refractivity contribution in [1.82, 2.24) is 10.2 Å². The molecule has 2 aliphatic rings. The highest BCUT2D eigenvalue weighted by molar-refractivity contribution is 5.30. The van der Waals surface area contributed by atoms with E-state index in [1.807, 2.05) is 6.26 Å². The Morgan fingerprint density at radius 3 is 3.00 bits per heavy atom. The lowest BCUT2D eigenvalue weighted by molar-refractivity contribution is 0.147. The summed E-state index contributed by atoms with van der Waals surface area (Å²) >= 11 is 0. The Kier molecular flexibility index (Phi) is 2.11. The maximum atomic E-state index is 5.56. The first-order valence-corrected chi connectivity index (χ1v) is 5.81. The number of piperidine rings is 1. The van der Waals surface area contributed by atoms with Gasteiger partial charge in [0.25, 0.3) is 0 Å². The van der Waals surface area contributed by atoms with Gasteiger partial charge in [0, 0.05) is 24.1 Å². The molecule has 0 bridgehead atoms. The van der Waals surface area contributed by atoms with Crippen LogP contribution < -0.4 is 5.32 Å². The molecule has 1 N–H and O–H groups in total. The first-order valence-electron chi connectivity index (χ1n) is 5.81. The van der Waals surface area contributed by atoms with Gasteiger partial charge in [-0.05, 0) is 39.0 Å². The van der Waals surface area contributed by atoms with Crippen LogP contribution in [0.4, 0.5) is 0 Å². The first-order chi connectivity index (χ1) is 7.30. The number of fused-ring (bicyclic) bond motifs is 2. The van der Waals surface area contributed by atoms with Gasteiger partial charge in [0.2, 0.25) is 0 Å². The van der Waals surface area contributed by atoms with Crippen LogP contribution in [0.5, 0.6) is 0 Å². The van der Waals surface area contributed by atoms with Crippen molar-refractivity contribution in [3.05, 3.63) is 23.7 Å². The molecular weight excluding hydrogens is 188 g/mol. The Hall–Kier alpha value is -0.800. The van der Waals surface area contributed by atoms with Crippen molar-refractivity contribution >= 4 is 0 Å². The predicted octanol–water partition coefficient (Wildman–Crippen LogP) is 1.35. The van der Waals surface area contributed by atoms with Gasteiger partial charge in [-0.2, -0.15) is 0 Å². The highest BCUT2D eigenvalue weighted by Crippen LogP contribution is 2.37. The van der Waals surface area contributed by atoms with Gasteiger partial charge in [-0.3, -0.25) is 0 Å². The van der Waals surface area contributed by atoms with Crippen LogP contribution in [0.1, 0.15) is 24.2 Å². The number of nitrogens with one attached hydrogen (secondary N) is 1. The Morgan fingerprint density at radius 2 is 2.20 bits per heavy atom. The van der Waals surface area contributed by atoms with E-state index >= 15 is 0 Å². The van der Waals surface area contributed by atoms with Gasteiger partial charge < -0.3 is 14.6 Å². The molecule has 0 unspecified atom stereocenters. The minimum Gasteiger partial charge on any atom is -0.469 e. The van der Waals surface area contributed by atoms with Crippen molar-refractivity contribution in [3.63, 3.8) is 0 Å². The van der Waals surface area contributed by atoms with Gasteiger partial charge in [-0.25, -0.2) is 0 Å². The number of nitrogens with zero attached hydrogens (tertiary/aromatic N) is 1. The van der Waals surface area contributed by atoms with Crippen molar-refractivity contribution in [2.75, 3.05) is 26.7 Å². The molecule has 0 aromatic carbocycles. The summed E-state index contributed by atoms with van der Waals surface area (Å²) in [4.78, 5) is 2.40. The molecule has 0 radical (unpaired) electrons. The maximum Gasteiger partial charge on any atom is 0.110 e. The van der Waals surface area contributed by atoms with Crippen LogP contribution >= 0.6 is 0 Å². The van der Waals surface area contributed by atoms with E-state index in [1.165, 1.54) is 37.3 Å². The van der Waals surface area contributed by atoms with Crippen LogP contribution in [0.25, 0.3) is 0 Å². The molecule has 1 fully saturated rings. The number of hydrogen-bond acceptors (Lipinski definition) is 3. The second kappa shape index (κ2) is 3.35. The minimum atomic E-state index is 0.215. The molecule has 0 saturated carbocycles. The molecule has 1 saturated heterocycles. The highest BCUT2D eigenvalue weighted by atomic mass is 16.3. The average molecular weight is 206 g/mol. The van der Waals surface area contributed by atoms with E-state index in [2.05, 4.69) is 23.3 Å². The van der Waals surface area contributed by atoms with E-state index in [0.29, 0.717) is 0 Å². The molecule has 82 valence electrons. The Bertz CT molecular complexity index is 350. The summed E-state index contributed by atoms with van der Waals surface area (Å²) in [6.07, 6.45) is 5.30. The average Bonchev–Trinajstić information content (AvgIpc) is 2.72. The van der Waals surface area contributed by atoms with Gasteiger partial charge in [-0.15, -0.1) is 0 Å². The van der Waals surface area contributed by atoms with Crippen LogP contribution in [0.3, 0.4) is 0 Å². The third-order valence-electron chi connectivity index (χ3n) is 3.92. The highest BCUT2D eigenvalue weighted by Gasteiger charge is 2.39. The van der Waals surface area contributed by atoms with Gasteiger partial charge >= 0.3 is 0 Å². The lowest BCUT2D eigenvalue weighted by atomic mass is 9.78. The van der Waals surface area contributed by atoms with Crippen LogP contribution in [0, 0.1) is 0 Å². The molecule has 1 spiro atoms. The van der Waals surface area contributed by atoms with Gasteiger partial charge in [0.05, 0.1) is 6.26 Å². The molecule has 3 heteroatoms. The fourth-order valence-electron chi connectivity index (χ4n) is 2.92. The largest absolute Gasteiger partial charge is 0.469 e. The van der Waals surface area contributed by atoms with E-state index in [0.717, 1.165) is 13.0 Å². The van der Waals surface area contributed by atoms with Crippen molar-refractivity contribution in [2.24, 2.45) is 0 Å². The molecule has 0 amide bonds. The predicted molar refractivity (Wildman–Crippen MR) is 58.8 cm³/mol. The molecular formula is C12H18N2O. The zero-order valence-corrected chi connectivity index (χ0v) is 9.25. The topological polar surface area (TPSA) is 28.4 Å². The van der Waals surface area contributed by atoms with Crippen molar-refractivity contribution < 1.29 is 4.42 Å². The lowest BCUT2D eigenvalue weighted by Crippen LogP contribution is -2.53. The molecule has 1 aromatic rings. The Balaban J connectivity index is 1.94. The van der Waals surface area contributed by atoms with E-state index in [1.54, 1.807) is 0 Å². The fraction of sp³-hybridized carbons (Fsp3) is 0.667. The second-order valence-corrected chi connectivity index (χ2v) is 4.82. The van der Waals surface area contributed by atoms with Crippen molar-refractivity contribution in [3.8, 4) is 0 Å². The number of furan rings is 1. The SMILES string of the molecule is CN1CCC2(CC1)NCCc1occc12. The van der Waals surface area contributed by atoms with Crippen LogP contribution in [0.15, 0.2) is 16.7 Å². The summed E-state index contributed by atoms with van der Waals surface area (Å²) in [5, 5.41) is 3.71. The smallest absolute Gasteiger partial charge is 0.110 e. The summed E-state index contributed by atoms with van der Waals surface area (Å²) in [5.41, 5.74) is 1.63. The third-order valence-corrected chi connectivity index (χ3v) is 3.92. The second-order valence-electron chi connectivity index (χ2n) is 4.82. The lowest BCUT2D eigenvalue weighted by Gasteiger charge is -2.43. The summed E-state index contributed by atoms with van der Waals surface area (Å²) < 4.78 is 5.56. The van der Waals surface area contributed by atoms with E-state index in [4.69, 9.17) is 4.42 Å². The molecule has 3 heterocycles. The molecule has 2 aliphatic heterocycles. The van der Waals surface area contributed by atoms with Crippen LogP contribution in [-0.4, -0.2) is 31.6 Å². The summed E-state index contributed by atoms with van der Waals surface area (Å²) in [7, 11) is 2.20. The summed E-state index contributed by atoms with van der Waals surface area (Å²) in [6, 6.07) is 2.16. The molecule has 3 nitrogen and oxygen atoms in total. The number of rotatable bonds is 0. The van der Waals surface area contributed by atoms with E-state index < -0.39 is 0 Å². The Morgan fingerprint density at radius 1 is 1.40 bits per heavy atom. The molecule has 0 atom stereocenters. The normalized spacial score (nSPS) is 25.4. The zero-order valence-electron chi connectivity index (χ0n) is 9.25. The quantitative estimate of drug-likeness (QED) is 0.694. The first kappa shape index (κ1) is 9.43.